The number of rotatable bonds is 3. The van der Waals surface area contributed by atoms with Gasteiger partial charge in [-0.1, -0.05) is 23.2 Å². The Labute approximate surface area is 178 Å². The van der Waals surface area contributed by atoms with Gasteiger partial charge in [0.25, 0.3) is 5.91 Å². The van der Waals surface area contributed by atoms with Gasteiger partial charge in [-0.05, 0) is 57.0 Å². The Balaban J connectivity index is 1.58. The Morgan fingerprint density at radius 3 is 2.77 bits per heavy atom. The van der Waals surface area contributed by atoms with Gasteiger partial charge in [-0.25, -0.2) is 4.98 Å². The number of hydrogen-bond donors (Lipinski definition) is 1. The summed E-state index contributed by atoms with van der Waals surface area (Å²) in [6.07, 6.45) is 4.94. The standard InChI is InChI=1S/C22H21ClN6O/c1-14-4-7-19(29-24-9-10-25-29)16(12-14)20(30)28-11-3-8-22(28,2)21-26-17-6-5-15(23)13-18(17)27-21/h4-7,9-10,12-13H,3,8,11H2,1-2H3,(H,26,27). The van der Waals surface area contributed by atoms with E-state index in [1.165, 1.54) is 4.80 Å². The van der Waals surface area contributed by atoms with Crippen molar-refractivity contribution < 1.29 is 4.79 Å². The molecule has 1 atom stereocenters. The van der Waals surface area contributed by atoms with E-state index < -0.39 is 5.54 Å². The van der Waals surface area contributed by atoms with Gasteiger partial charge >= 0.3 is 0 Å². The van der Waals surface area contributed by atoms with Gasteiger partial charge in [0.15, 0.2) is 0 Å². The Kier molecular flexibility index (Phi) is 4.36. The monoisotopic (exact) mass is 420 g/mol. The molecule has 0 saturated carbocycles. The quantitative estimate of drug-likeness (QED) is 0.537. The van der Waals surface area contributed by atoms with Crippen LogP contribution in [-0.4, -0.2) is 42.3 Å². The molecule has 30 heavy (non-hydrogen) atoms. The van der Waals surface area contributed by atoms with Crippen LogP contribution in [0.4, 0.5) is 0 Å². The Hall–Kier alpha value is -3.19. The molecule has 0 aliphatic carbocycles. The molecule has 1 saturated heterocycles. The lowest BCUT2D eigenvalue weighted by atomic mass is 9.96. The number of carbonyl (C=O) groups is 1. The van der Waals surface area contributed by atoms with Crippen LogP contribution < -0.4 is 0 Å². The third-order valence-electron chi connectivity index (χ3n) is 5.86. The van der Waals surface area contributed by atoms with Crippen molar-refractivity contribution in [1.82, 2.24) is 29.9 Å². The molecule has 0 radical (unpaired) electrons. The molecule has 2 aromatic carbocycles. The van der Waals surface area contributed by atoms with Crippen LogP contribution >= 0.6 is 11.6 Å². The fourth-order valence-electron chi connectivity index (χ4n) is 4.25. The predicted molar refractivity (Wildman–Crippen MR) is 115 cm³/mol. The number of H-pyrrole nitrogens is 1. The average Bonchev–Trinajstić information content (AvgIpc) is 3.47. The summed E-state index contributed by atoms with van der Waals surface area (Å²) in [5.74, 6) is 0.724. The molecule has 1 amide bonds. The highest BCUT2D eigenvalue weighted by molar-refractivity contribution is 6.31. The number of nitrogens with zero attached hydrogens (tertiary/aromatic N) is 5. The minimum Gasteiger partial charge on any atom is -0.340 e. The molecule has 2 aromatic heterocycles. The van der Waals surface area contributed by atoms with E-state index in [1.54, 1.807) is 12.4 Å². The summed E-state index contributed by atoms with van der Waals surface area (Å²) in [5.41, 5.74) is 3.43. The first-order valence-corrected chi connectivity index (χ1v) is 10.3. The Morgan fingerprint density at radius 2 is 1.97 bits per heavy atom. The molecule has 3 heterocycles. The minimum absolute atomic E-state index is 0.0514. The zero-order valence-electron chi connectivity index (χ0n) is 16.8. The number of likely N-dealkylation sites (tertiary alicyclic amines) is 1. The third-order valence-corrected chi connectivity index (χ3v) is 6.09. The molecule has 1 unspecified atom stereocenters. The molecular weight excluding hydrogens is 400 g/mol. The summed E-state index contributed by atoms with van der Waals surface area (Å²) in [7, 11) is 0. The smallest absolute Gasteiger partial charge is 0.256 e. The normalized spacial score (nSPS) is 19.0. The highest BCUT2D eigenvalue weighted by Crippen LogP contribution is 2.39. The van der Waals surface area contributed by atoms with E-state index in [0.717, 1.165) is 35.3 Å². The maximum absolute atomic E-state index is 13.8. The van der Waals surface area contributed by atoms with Crippen molar-refractivity contribution in [2.45, 2.75) is 32.2 Å². The molecule has 8 heteroatoms. The minimum atomic E-state index is -0.541. The van der Waals surface area contributed by atoms with Gasteiger partial charge in [0.2, 0.25) is 0 Å². The molecular formula is C22H21ClN6O. The second-order valence-electron chi connectivity index (χ2n) is 7.92. The second kappa shape index (κ2) is 6.95. The number of amides is 1. The van der Waals surface area contributed by atoms with E-state index in [1.807, 2.05) is 48.2 Å². The van der Waals surface area contributed by atoms with Crippen molar-refractivity contribution in [2.75, 3.05) is 6.54 Å². The van der Waals surface area contributed by atoms with E-state index in [4.69, 9.17) is 16.6 Å². The maximum Gasteiger partial charge on any atom is 0.256 e. The molecule has 1 N–H and O–H groups in total. The zero-order chi connectivity index (χ0) is 20.9. The number of aromatic nitrogens is 5. The van der Waals surface area contributed by atoms with Gasteiger partial charge in [-0.2, -0.15) is 15.0 Å². The largest absolute Gasteiger partial charge is 0.340 e. The van der Waals surface area contributed by atoms with Gasteiger partial charge in [-0.15, -0.1) is 0 Å². The molecule has 4 aromatic rings. The number of nitrogens with one attached hydrogen (secondary N) is 1. The zero-order valence-corrected chi connectivity index (χ0v) is 17.5. The van der Waals surface area contributed by atoms with Crippen LogP contribution in [0.2, 0.25) is 5.02 Å². The van der Waals surface area contributed by atoms with Crippen molar-refractivity contribution in [1.29, 1.82) is 0 Å². The number of imidazole rings is 1. The second-order valence-corrected chi connectivity index (χ2v) is 8.36. The van der Waals surface area contributed by atoms with Gasteiger partial charge < -0.3 is 9.88 Å². The molecule has 1 aliphatic heterocycles. The lowest BCUT2D eigenvalue weighted by Crippen LogP contribution is -2.44. The topological polar surface area (TPSA) is 79.7 Å². The fourth-order valence-corrected chi connectivity index (χ4v) is 4.42. The first kappa shape index (κ1) is 18.8. The molecule has 1 fully saturated rings. The predicted octanol–water partition coefficient (Wildman–Crippen LogP) is 4.26. The summed E-state index contributed by atoms with van der Waals surface area (Å²) in [5, 5.41) is 9.08. The van der Waals surface area contributed by atoms with Crippen molar-refractivity contribution in [3.63, 3.8) is 0 Å². The molecule has 0 bridgehead atoms. The van der Waals surface area contributed by atoms with E-state index in [2.05, 4.69) is 22.1 Å². The number of halogens is 1. The van der Waals surface area contributed by atoms with Crippen LogP contribution in [0.1, 0.15) is 41.5 Å². The van der Waals surface area contributed by atoms with E-state index in [-0.39, 0.29) is 5.91 Å². The highest BCUT2D eigenvalue weighted by atomic mass is 35.5. The summed E-state index contributed by atoms with van der Waals surface area (Å²) in [4.78, 5) is 25.3. The third kappa shape index (κ3) is 2.97. The van der Waals surface area contributed by atoms with Crippen molar-refractivity contribution in [2.24, 2.45) is 0 Å². The van der Waals surface area contributed by atoms with Crippen LogP contribution in [0.3, 0.4) is 0 Å². The Morgan fingerprint density at radius 1 is 1.17 bits per heavy atom. The Bertz CT molecular complexity index is 1250. The molecule has 7 nitrogen and oxygen atoms in total. The SMILES string of the molecule is Cc1ccc(-n2nccn2)c(C(=O)N2CCCC2(C)c2nc3cc(Cl)ccc3[nH]2)c1. The van der Waals surface area contributed by atoms with Crippen molar-refractivity contribution in [3.05, 3.63) is 70.8 Å². The van der Waals surface area contributed by atoms with Crippen LogP contribution in [-0.2, 0) is 5.54 Å². The van der Waals surface area contributed by atoms with Crippen LogP contribution in [0.5, 0.6) is 0 Å². The van der Waals surface area contributed by atoms with Crippen LogP contribution in [0.15, 0.2) is 48.8 Å². The number of carbonyl (C=O) groups excluding carboxylic acids is 1. The summed E-state index contributed by atoms with van der Waals surface area (Å²) >= 11 is 6.13. The first-order valence-electron chi connectivity index (χ1n) is 9.91. The average molecular weight is 421 g/mol. The lowest BCUT2D eigenvalue weighted by molar-refractivity contribution is 0.0605. The molecule has 0 spiro atoms. The van der Waals surface area contributed by atoms with Crippen molar-refractivity contribution >= 4 is 28.5 Å². The van der Waals surface area contributed by atoms with Gasteiger partial charge in [0.1, 0.15) is 5.82 Å². The molecule has 152 valence electrons. The highest BCUT2D eigenvalue weighted by Gasteiger charge is 2.44. The summed E-state index contributed by atoms with van der Waals surface area (Å²) in [6.45, 7) is 4.70. The number of aryl methyl sites for hydroxylation is 1. The maximum atomic E-state index is 13.8. The van der Waals surface area contributed by atoms with Gasteiger partial charge in [-0.3, -0.25) is 4.79 Å². The summed E-state index contributed by atoms with van der Waals surface area (Å²) < 4.78 is 0. The molecule has 5 rings (SSSR count). The van der Waals surface area contributed by atoms with Gasteiger partial charge in [0.05, 0.1) is 40.2 Å². The number of hydrogen-bond acceptors (Lipinski definition) is 4. The number of aromatic amines is 1. The first-order chi connectivity index (χ1) is 14.5. The van der Waals surface area contributed by atoms with Gasteiger partial charge in [0, 0.05) is 11.6 Å². The number of benzene rings is 2. The lowest BCUT2D eigenvalue weighted by Gasteiger charge is -2.34. The van der Waals surface area contributed by atoms with E-state index in [9.17, 15) is 4.79 Å². The van der Waals surface area contributed by atoms with Crippen molar-refractivity contribution in [3.8, 4) is 5.69 Å². The molecule has 1 aliphatic rings. The van der Waals surface area contributed by atoms with E-state index in [0.29, 0.717) is 22.8 Å². The van der Waals surface area contributed by atoms with Crippen LogP contribution in [0, 0.1) is 6.92 Å². The van der Waals surface area contributed by atoms with E-state index >= 15 is 0 Å². The van der Waals surface area contributed by atoms with Crippen LogP contribution in [0.25, 0.3) is 16.7 Å². The summed E-state index contributed by atoms with van der Waals surface area (Å²) in [6, 6.07) is 11.3. The fraction of sp³-hybridized carbons (Fsp3) is 0.273. The number of fused-ring (bicyclic) bond motifs is 1.